The van der Waals surface area contributed by atoms with Crippen molar-refractivity contribution in [1.82, 2.24) is 29.9 Å². The van der Waals surface area contributed by atoms with E-state index in [0.717, 1.165) is 18.7 Å². The predicted molar refractivity (Wildman–Crippen MR) is 105 cm³/mol. The summed E-state index contributed by atoms with van der Waals surface area (Å²) in [6.45, 7) is 2.38. The van der Waals surface area contributed by atoms with E-state index in [9.17, 15) is 18.0 Å². The lowest BCUT2D eigenvalue weighted by molar-refractivity contribution is -0.137. The number of carbonyl (C=O) groups is 1. The number of piperidine rings is 1. The molecule has 1 aliphatic carbocycles. The molecule has 166 valence electrons. The van der Waals surface area contributed by atoms with Crippen LogP contribution in [0.2, 0.25) is 0 Å². The van der Waals surface area contributed by atoms with Crippen LogP contribution in [0.1, 0.15) is 34.6 Å². The van der Waals surface area contributed by atoms with E-state index in [4.69, 9.17) is 4.74 Å². The van der Waals surface area contributed by atoms with Gasteiger partial charge in [-0.1, -0.05) is 0 Å². The van der Waals surface area contributed by atoms with E-state index in [1.807, 2.05) is 0 Å². The van der Waals surface area contributed by atoms with Crippen molar-refractivity contribution in [1.29, 1.82) is 0 Å². The summed E-state index contributed by atoms with van der Waals surface area (Å²) in [7, 11) is 0. The Morgan fingerprint density at radius 3 is 2.56 bits per heavy atom. The molecular weight excluding hydrogens is 425 g/mol. The average molecular weight is 444 g/mol. The lowest BCUT2D eigenvalue weighted by Gasteiger charge is -2.33. The van der Waals surface area contributed by atoms with Gasteiger partial charge in [-0.05, 0) is 43.9 Å². The van der Waals surface area contributed by atoms with E-state index in [-0.39, 0.29) is 35.5 Å². The summed E-state index contributed by atoms with van der Waals surface area (Å²) in [4.78, 5) is 24.8. The number of ether oxygens (including phenoxy) is 1. The lowest BCUT2D eigenvalue weighted by atomic mass is 10.1. The van der Waals surface area contributed by atoms with Crippen molar-refractivity contribution in [2.24, 2.45) is 5.92 Å². The Balaban J connectivity index is 1.37. The minimum Gasteiger partial charge on any atom is -0.472 e. The molecular formula is C21H19F3N6O2. The SMILES string of the molecule is Cc1ccc(-n2nccn2)c(C(=O)N2C[C@H]3C[C@@H](Oc4ccc(C(F)(F)F)cn4)[C@@H]2C3)n1. The number of amides is 1. The molecule has 0 spiro atoms. The van der Waals surface area contributed by atoms with Crippen LogP contribution in [0.15, 0.2) is 42.9 Å². The van der Waals surface area contributed by atoms with Gasteiger partial charge >= 0.3 is 6.18 Å². The quantitative estimate of drug-likeness (QED) is 0.615. The van der Waals surface area contributed by atoms with Gasteiger partial charge in [-0.25, -0.2) is 9.97 Å². The molecule has 32 heavy (non-hydrogen) atoms. The second-order valence-electron chi connectivity index (χ2n) is 8.04. The Kier molecular flexibility index (Phi) is 4.83. The van der Waals surface area contributed by atoms with Crippen LogP contribution in [0.4, 0.5) is 13.2 Å². The van der Waals surface area contributed by atoms with Gasteiger partial charge in [0.25, 0.3) is 5.91 Å². The first-order valence-electron chi connectivity index (χ1n) is 10.1. The molecule has 2 aliphatic rings. The first kappa shape index (κ1) is 20.4. The molecule has 11 heteroatoms. The van der Waals surface area contributed by atoms with E-state index in [1.165, 1.54) is 23.3 Å². The molecule has 3 aromatic rings. The van der Waals surface area contributed by atoms with Gasteiger partial charge in [0.05, 0.1) is 24.0 Å². The van der Waals surface area contributed by atoms with Crippen molar-refractivity contribution >= 4 is 5.91 Å². The Hall–Kier alpha value is -3.50. The number of hydrogen-bond acceptors (Lipinski definition) is 6. The minimum atomic E-state index is -4.46. The van der Waals surface area contributed by atoms with Crippen molar-refractivity contribution in [3.63, 3.8) is 0 Å². The lowest BCUT2D eigenvalue weighted by Crippen LogP contribution is -2.47. The van der Waals surface area contributed by atoms with Crippen molar-refractivity contribution in [3.05, 3.63) is 59.8 Å². The molecule has 3 aromatic heterocycles. The Morgan fingerprint density at radius 1 is 1.12 bits per heavy atom. The second-order valence-corrected chi connectivity index (χ2v) is 8.04. The van der Waals surface area contributed by atoms with Gasteiger partial charge in [0.2, 0.25) is 5.88 Å². The van der Waals surface area contributed by atoms with Crippen LogP contribution in [0.5, 0.6) is 5.88 Å². The number of halogens is 3. The van der Waals surface area contributed by atoms with Crippen LogP contribution < -0.4 is 4.74 Å². The molecule has 2 fully saturated rings. The molecule has 3 atom stereocenters. The molecule has 0 unspecified atom stereocenters. The number of nitrogens with zero attached hydrogens (tertiary/aromatic N) is 6. The smallest absolute Gasteiger partial charge is 0.417 e. The first-order valence-corrected chi connectivity index (χ1v) is 10.1. The first-order chi connectivity index (χ1) is 15.3. The third kappa shape index (κ3) is 3.67. The van der Waals surface area contributed by atoms with Gasteiger partial charge in [0.15, 0.2) is 5.69 Å². The van der Waals surface area contributed by atoms with Gasteiger partial charge in [-0.3, -0.25) is 4.79 Å². The zero-order chi connectivity index (χ0) is 22.5. The number of carbonyl (C=O) groups excluding carboxylic acids is 1. The summed E-state index contributed by atoms with van der Waals surface area (Å²) in [5.74, 6) is 0.111. The summed E-state index contributed by atoms with van der Waals surface area (Å²) >= 11 is 0. The molecule has 1 amide bonds. The van der Waals surface area contributed by atoms with Crippen molar-refractivity contribution in [2.75, 3.05) is 6.54 Å². The van der Waals surface area contributed by atoms with Crippen LogP contribution in [-0.2, 0) is 6.18 Å². The number of aromatic nitrogens is 5. The summed E-state index contributed by atoms with van der Waals surface area (Å²) < 4.78 is 44.2. The highest BCUT2D eigenvalue weighted by molar-refractivity contribution is 5.96. The largest absolute Gasteiger partial charge is 0.472 e. The third-order valence-electron chi connectivity index (χ3n) is 5.87. The number of likely N-dealkylation sites (tertiary alicyclic amines) is 1. The topological polar surface area (TPSA) is 86.0 Å². The number of pyridine rings is 2. The van der Waals surface area contributed by atoms with Gasteiger partial charge in [0, 0.05) is 24.5 Å². The van der Waals surface area contributed by atoms with E-state index < -0.39 is 11.7 Å². The maximum atomic E-state index is 13.5. The van der Waals surface area contributed by atoms with Gasteiger partial charge in [-0.15, -0.1) is 4.80 Å². The molecule has 1 saturated carbocycles. The molecule has 8 nitrogen and oxygen atoms in total. The van der Waals surface area contributed by atoms with Gasteiger partial charge < -0.3 is 9.64 Å². The summed E-state index contributed by atoms with van der Waals surface area (Å²) in [5, 5.41) is 8.22. The van der Waals surface area contributed by atoms with Crippen LogP contribution in [0, 0.1) is 12.8 Å². The van der Waals surface area contributed by atoms with E-state index >= 15 is 0 Å². The van der Waals surface area contributed by atoms with Crippen molar-refractivity contribution < 1.29 is 22.7 Å². The molecule has 0 N–H and O–H groups in total. The Bertz CT molecular complexity index is 1130. The number of aryl methyl sites for hydroxylation is 1. The molecule has 0 radical (unpaired) electrons. The molecule has 0 aromatic carbocycles. The highest BCUT2D eigenvalue weighted by Gasteiger charge is 2.49. The normalized spacial score (nSPS) is 22.4. The van der Waals surface area contributed by atoms with Crippen LogP contribution in [0.25, 0.3) is 5.69 Å². The second kappa shape index (κ2) is 7.57. The fraction of sp³-hybridized carbons (Fsp3) is 0.381. The van der Waals surface area contributed by atoms with Gasteiger partial charge in [-0.2, -0.15) is 23.4 Å². The third-order valence-corrected chi connectivity index (χ3v) is 5.87. The zero-order valence-electron chi connectivity index (χ0n) is 17.0. The maximum absolute atomic E-state index is 13.5. The predicted octanol–water partition coefficient (Wildman–Crippen LogP) is 3.07. The highest BCUT2D eigenvalue weighted by atomic mass is 19.4. The maximum Gasteiger partial charge on any atom is 0.417 e. The van der Waals surface area contributed by atoms with E-state index in [0.29, 0.717) is 24.3 Å². The molecule has 1 aliphatic heterocycles. The molecule has 5 rings (SSSR count). The Labute approximate surface area is 181 Å². The highest BCUT2D eigenvalue weighted by Crippen LogP contribution is 2.40. The standard InChI is InChI=1S/C21H19F3N6O2/c1-12-2-4-15(30-26-6-7-27-30)19(28-12)20(31)29-11-13-8-16(29)17(9-13)32-18-5-3-14(10-25-18)21(22,23)24/h2-7,10,13,16-17H,8-9,11H2,1H3/t13-,16+,17-/m1/s1. The average Bonchev–Trinajstić information content (AvgIpc) is 3.50. The molecule has 4 heterocycles. The van der Waals surface area contributed by atoms with Crippen LogP contribution in [0.3, 0.4) is 0 Å². The molecule has 1 saturated heterocycles. The van der Waals surface area contributed by atoms with E-state index in [2.05, 4.69) is 20.2 Å². The van der Waals surface area contributed by atoms with Crippen molar-refractivity contribution in [3.8, 4) is 11.6 Å². The number of rotatable bonds is 4. The number of alkyl halides is 3. The fourth-order valence-electron chi connectivity index (χ4n) is 4.44. The molecule has 2 bridgehead atoms. The minimum absolute atomic E-state index is 0.109. The summed E-state index contributed by atoms with van der Waals surface area (Å²) in [5.41, 5.74) is 0.589. The number of fused-ring (bicyclic) bond motifs is 2. The fourth-order valence-corrected chi connectivity index (χ4v) is 4.44. The summed E-state index contributed by atoms with van der Waals surface area (Å²) in [6.07, 6.45) is 0.469. The van der Waals surface area contributed by atoms with Crippen molar-refractivity contribution in [2.45, 2.75) is 38.1 Å². The number of hydrogen-bond donors (Lipinski definition) is 0. The summed E-state index contributed by atoms with van der Waals surface area (Å²) in [6, 6.07) is 5.48. The van der Waals surface area contributed by atoms with Crippen LogP contribution in [-0.4, -0.2) is 54.5 Å². The zero-order valence-corrected chi connectivity index (χ0v) is 17.0. The Morgan fingerprint density at radius 2 is 1.91 bits per heavy atom. The van der Waals surface area contributed by atoms with Gasteiger partial charge in [0.1, 0.15) is 11.8 Å². The van der Waals surface area contributed by atoms with Crippen LogP contribution >= 0.6 is 0 Å². The monoisotopic (exact) mass is 444 g/mol. The van der Waals surface area contributed by atoms with E-state index in [1.54, 1.807) is 24.0 Å².